The molecule has 19 heavy (non-hydrogen) atoms. The van der Waals surface area contributed by atoms with Crippen LogP contribution in [0.15, 0.2) is 0 Å². The van der Waals surface area contributed by atoms with Crippen LogP contribution in [0.25, 0.3) is 0 Å². The molecule has 6 heteroatoms. The fraction of sp³-hybridized carbons (Fsp3) is 0.846. The molecule has 0 spiro atoms. The maximum absolute atomic E-state index is 12.2. The Hall–Kier alpha value is -1.30. The molecular weight excluding hydrogens is 248 g/mol. The van der Waals surface area contributed by atoms with Gasteiger partial charge in [-0.05, 0) is 19.8 Å². The summed E-state index contributed by atoms with van der Waals surface area (Å²) in [5, 5.41) is 12.1. The second-order valence-electron chi connectivity index (χ2n) is 5.79. The zero-order valence-corrected chi connectivity index (χ0v) is 11.5. The number of nitrogens with zero attached hydrogens (tertiary/aromatic N) is 1. The smallest absolute Gasteiger partial charge is 0.317 e. The summed E-state index contributed by atoms with van der Waals surface area (Å²) < 4.78 is 5.23. The number of aliphatic carboxylic acids is 1. The molecule has 108 valence electrons. The number of hydrogen-bond acceptors (Lipinski definition) is 3. The van der Waals surface area contributed by atoms with Gasteiger partial charge in [-0.3, -0.25) is 4.79 Å². The molecule has 1 saturated carbocycles. The Morgan fingerprint density at radius 3 is 2.58 bits per heavy atom. The van der Waals surface area contributed by atoms with Crippen molar-refractivity contribution in [2.75, 3.05) is 20.3 Å². The highest BCUT2D eigenvalue weighted by atomic mass is 16.5. The van der Waals surface area contributed by atoms with Crippen molar-refractivity contribution < 1.29 is 19.4 Å². The molecule has 1 heterocycles. The topological polar surface area (TPSA) is 78.9 Å². The molecule has 6 nitrogen and oxygen atoms in total. The predicted octanol–water partition coefficient (Wildman–Crippen LogP) is 1.06. The van der Waals surface area contributed by atoms with E-state index in [0.29, 0.717) is 0 Å². The van der Waals surface area contributed by atoms with Gasteiger partial charge in [0.25, 0.3) is 0 Å². The summed E-state index contributed by atoms with van der Waals surface area (Å²) in [5.41, 5.74) is -1.04. The SMILES string of the molecule is CN(C(=O)NC1COCC1(C)C(=O)O)C1CCCC1. The van der Waals surface area contributed by atoms with Crippen molar-refractivity contribution >= 4 is 12.0 Å². The average Bonchev–Trinajstić information content (AvgIpc) is 2.99. The highest BCUT2D eigenvalue weighted by Crippen LogP contribution is 2.29. The first-order chi connectivity index (χ1) is 8.95. The monoisotopic (exact) mass is 270 g/mol. The van der Waals surface area contributed by atoms with E-state index in [1.807, 2.05) is 0 Å². The standard InChI is InChI=1S/C13H22N2O4/c1-13(11(16)17)8-19-7-10(13)14-12(18)15(2)9-5-3-4-6-9/h9-10H,3-8H2,1-2H3,(H,14,18)(H,16,17). The van der Waals surface area contributed by atoms with Crippen LogP contribution in [0.5, 0.6) is 0 Å². The van der Waals surface area contributed by atoms with Crippen molar-refractivity contribution in [1.82, 2.24) is 10.2 Å². The first kappa shape index (κ1) is 14.1. The molecule has 0 radical (unpaired) electrons. The largest absolute Gasteiger partial charge is 0.481 e. The third-order valence-corrected chi connectivity index (χ3v) is 4.43. The Labute approximate surface area is 113 Å². The number of rotatable bonds is 3. The number of amides is 2. The lowest BCUT2D eigenvalue weighted by Crippen LogP contribution is -2.54. The average molecular weight is 270 g/mol. The van der Waals surface area contributed by atoms with E-state index in [-0.39, 0.29) is 25.3 Å². The van der Waals surface area contributed by atoms with E-state index in [1.165, 1.54) is 0 Å². The van der Waals surface area contributed by atoms with E-state index >= 15 is 0 Å². The molecule has 0 aromatic rings. The summed E-state index contributed by atoms with van der Waals surface area (Å²) in [7, 11) is 1.78. The van der Waals surface area contributed by atoms with Crippen LogP contribution in [0.2, 0.25) is 0 Å². The minimum absolute atomic E-state index is 0.139. The Morgan fingerprint density at radius 2 is 2.00 bits per heavy atom. The molecule has 2 atom stereocenters. The third kappa shape index (κ3) is 2.68. The minimum Gasteiger partial charge on any atom is -0.481 e. The van der Waals surface area contributed by atoms with Crippen molar-refractivity contribution in [3.05, 3.63) is 0 Å². The first-order valence-corrected chi connectivity index (χ1v) is 6.79. The van der Waals surface area contributed by atoms with Crippen LogP contribution in [0, 0.1) is 5.41 Å². The van der Waals surface area contributed by atoms with Gasteiger partial charge >= 0.3 is 12.0 Å². The fourth-order valence-corrected chi connectivity index (χ4v) is 2.79. The van der Waals surface area contributed by atoms with Crippen LogP contribution in [-0.2, 0) is 9.53 Å². The van der Waals surface area contributed by atoms with Gasteiger partial charge in [-0.15, -0.1) is 0 Å². The second-order valence-corrected chi connectivity index (χ2v) is 5.79. The van der Waals surface area contributed by atoms with E-state index in [0.717, 1.165) is 25.7 Å². The number of carboxylic acid groups (broad SMARTS) is 1. The molecule has 2 aliphatic rings. The molecule has 0 aromatic carbocycles. The Kier molecular flexibility index (Phi) is 3.99. The highest BCUT2D eigenvalue weighted by Gasteiger charge is 2.47. The van der Waals surface area contributed by atoms with E-state index in [4.69, 9.17) is 4.74 Å². The molecule has 1 aliphatic carbocycles. The van der Waals surface area contributed by atoms with Crippen LogP contribution in [0.1, 0.15) is 32.6 Å². The van der Waals surface area contributed by atoms with E-state index in [1.54, 1.807) is 18.9 Å². The van der Waals surface area contributed by atoms with Gasteiger partial charge in [0.2, 0.25) is 0 Å². The number of carbonyl (C=O) groups excluding carboxylic acids is 1. The van der Waals surface area contributed by atoms with Crippen molar-refractivity contribution in [3.63, 3.8) is 0 Å². The molecule has 0 bridgehead atoms. The lowest BCUT2D eigenvalue weighted by Gasteiger charge is -2.30. The van der Waals surface area contributed by atoms with Crippen molar-refractivity contribution in [2.45, 2.75) is 44.7 Å². The Morgan fingerprint density at radius 1 is 1.37 bits per heavy atom. The molecule has 2 amide bonds. The summed E-state index contributed by atoms with van der Waals surface area (Å²) in [5.74, 6) is -0.932. The quantitative estimate of drug-likeness (QED) is 0.803. The van der Waals surface area contributed by atoms with Crippen molar-refractivity contribution in [2.24, 2.45) is 5.41 Å². The normalized spacial score (nSPS) is 31.4. The molecule has 2 N–H and O–H groups in total. The molecule has 1 saturated heterocycles. The lowest BCUT2D eigenvalue weighted by atomic mass is 9.85. The molecule has 2 rings (SSSR count). The van der Waals surface area contributed by atoms with Crippen LogP contribution < -0.4 is 5.32 Å². The molecule has 0 aromatic heterocycles. The van der Waals surface area contributed by atoms with E-state index < -0.39 is 17.4 Å². The first-order valence-electron chi connectivity index (χ1n) is 6.79. The number of ether oxygens (including phenoxy) is 1. The van der Waals surface area contributed by atoms with Gasteiger partial charge in [0.05, 0.1) is 19.3 Å². The van der Waals surface area contributed by atoms with Gasteiger partial charge in [0, 0.05) is 13.1 Å². The van der Waals surface area contributed by atoms with Crippen molar-refractivity contribution in [3.8, 4) is 0 Å². The maximum Gasteiger partial charge on any atom is 0.317 e. The number of nitrogens with one attached hydrogen (secondary N) is 1. The number of urea groups is 1. The number of hydrogen-bond donors (Lipinski definition) is 2. The Balaban J connectivity index is 1.96. The summed E-state index contributed by atoms with van der Waals surface area (Å²) in [6.45, 7) is 2.01. The summed E-state index contributed by atoms with van der Waals surface area (Å²) >= 11 is 0. The molecular formula is C13H22N2O4. The third-order valence-electron chi connectivity index (χ3n) is 4.43. The van der Waals surface area contributed by atoms with E-state index in [9.17, 15) is 14.7 Å². The van der Waals surface area contributed by atoms with Gasteiger partial charge in [-0.2, -0.15) is 0 Å². The van der Waals surface area contributed by atoms with Gasteiger partial charge in [-0.1, -0.05) is 12.8 Å². The number of carbonyl (C=O) groups is 2. The van der Waals surface area contributed by atoms with Crippen LogP contribution in [0.4, 0.5) is 4.79 Å². The predicted molar refractivity (Wildman–Crippen MR) is 68.9 cm³/mol. The van der Waals surface area contributed by atoms with E-state index in [2.05, 4.69) is 5.32 Å². The van der Waals surface area contributed by atoms with Crippen LogP contribution in [-0.4, -0.2) is 54.4 Å². The van der Waals surface area contributed by atoms with Gasteiger partial charge in [-0.25, -0.2) is 4.79 Å². The summed E-state index contributed by atoms with van der Waals surface area (Å²) in [4.78, 5) is 25.2. The lowest BCUT2D eigenvalue weighted by molar-refractivity contribution is -0.148. The molecule has 1 aliphatic heterocycles. The minimum atomic E-state index is -1.04. The van der Waals surface area contributed by atoms with Crippen LogP contribution in [0.3, 0.4) is 0 Å². The van der Waals surface area contributed by atoms with Gasteiger partial charge < -0.3 is 20.1 Å². The zero-order valence-electron chi connectivity index (χ0n) is 11.5. The Bertz CT molecular complexity index is 368. The van der Waals surface area contributed by atoms with Gasteiger partial charge in [0.1, 0.15) is 5.41 Å². The molecule has 2 fully saturated rings. The summed E-state index contributed by atoms with van der Waals surface area (Å²) in [6.07, 6.45) is 4.37. The second kappa shape index (κ2) is 5.36. The summed E-state index contributed by atoms with van der Waals surface area (Å²) in [6, 6.07) is -0.394. The fourth-order valence-electron chi connectivity index (χ4n) is 2.79. The molecule has 2 unspecified atom stereocenters. The number of carboxylic acids is 1. The van der Waals surface area contributed by atoms with Gasteiger partial charge in [0.15, 0.2) is 0 Å². The van der Waals surface area contributed by atoms with Crippen molar-refractivity contribution in [1.29, 1.82) is 0 Å². The highest BCUT2D eigenvalue weighted by molar-refractivity contribution is 5.79. The zero-order chi connectivity index (χ0) is 14.0. The maximum atomic E-state index is 12.2. The van der Waals surface area contributed by atoms with Crippen LogP contribution >= 0.6 is 0 Å².